The highest BCUT2D eigenvalue weighted by Crippen LogP contribution is 2.37. The van der Waals surface area contributed by atoms with E-state index in [1.165, 1.54) is 10.8 Å². The quantitative estimate of drug-likeness (QED) is 0.507. The van der Waals surface area contributed by atoms with Crippen molar-refractivity contribution in [1.29, 1.82) is 0 Å². The molecule has 0 atom stereocenters. The lowest BCUT2D eigenvalue weighted by molar-refractivity contribution is -0.143. The minimum absolute atomic E-state index is 0.120. The highest BCUT2D eigenvalue weighted by Gasteiger charge is 2.37. The van der Waals surface area contributed by atoms with Gasteiger partial charge in [0.05, 0.1) is 16.6 Å². The minimum atomic E-state index is -4.86. The van der Waals surface area contributed by atoms with Crippen molar-refractivity contribution in [1.82, 2.24) is 4.57 Å². The first-order valence-corrected chi connectivity index (χ1v) is 6.52. The van der Waals surface area contributed by atoms with E-state index in [9.17, 15) is 26.3 Å². The smallest absolute Gasteiger partial charge is 0.317 e. The largest absolute Gasteiger partial charge is 0.416 e. The van der Waals surface area contributed by atoms with Gasteiger partial charge in [-0.25, -0.2) is 0 Å². The van der Waals surface area contributed by atoms with E-state index in [0.717, 1.165) is 5.39 Å². The average Bonchev–Trinajstić information content (AvgIpc) is 2.89. The van der Waals surface area contributed by atoms with Crippen molar-refractivity contribution in [3.63, 3.8) is 0 Å². The van der Waals surface area contributed by atoms with Gasteiger partial charge in [0.1, 0.15) is 0 Å². The molecule has 2 aromatic carbocycles. The van der Waals surface area contributed by atoms with Crippen LogP contribution in [0.2, 0.25) is 0 Å². The van der Waals surface area contributed by atoms with Crippen LogP contribution in [0.4, 0.5) is 26.3 Å². The maximum absolute atomic E-state index is 12.9. The zero-order valence-corrected chi connectivity index (χ0v) is 11.4. The van der Waals surface area contributed by atoms with Crippen LogP contribution in [-0.4, -0.2) is 4.57 Å². The summed E-state index contributed by atoms with van der Waals surface area (Å²) in [7, 11) is 0. The molecular weight excluding hydrogens is 320 g/mol. The molecule has 3 rings (SSSR count). The Labute approximate surface area is 126 Å². The summed E-state index contributed by atoms with van der Waals surface area (Å²) >= 11 is 0. The van der Waals surface area contributed by atoms with Crippen molar-refractivity contribution in [3.8, 4) is 5.69 Å². The molecule has 0 amide bonds. The van der Waals surface area contributed by atoms with Crippen molar-refractivity contribution in [2.24, 2.45) is 0 Å². The number of aromatic nitrogens is 1. The van der Waals surface area contributed by atoms with Crippen LogP contribution >= 0.6 is 0 Å². The second kappa shape index (κ2) is 5.04. The second-order valence-corrected chi connectivity index (χ2v) is 5.01. The Morgan fingerprint density at radius 2 is 1.26 bits per heavy atom. The van der Waals surface area contributed by atoms with Crippen LogP contribution in [0.5, 0.6) is 0 Å². The van der Waals surface area contributed by atoms with Crippen molar-refractivity contribution in [3.05, 3.63) is 65.9 Å². The SMILES string of the molecule is FC(F)(F)c1cc(-n2ccc3ccccc32)cc(C(F)(F)F)c1. The summed E-state index contributed by atoms with van der Waals surface area (Å²) in [6.45, 7) is 0. The van der Waals surface area contributed by atoms with Crippen LogP contribution in [0.1, 0.15) is 11.1 Å². The Morgan fingerprint density at radius 1 is 0.696 bits per heavy atom. The molecule has 0 aliphatic carbocycles. The van der Waals surface area contributed by atoms with Crippen LogP contribution in [0, 0.1) is 0 Å². The molecule has 120 valence electrons. The number of fused-ring (bicyclic) bond motifs is 1. The Hall–Kier alpha value is -2.44. The summed E-state index contributed by atoms with van der Waals surface area (Å²) in [5, 5.41) is 0.721. The lowest BCUT2D eigenvalue weighted by Gasteiger charge is -2.15. The van der Waals surface area contributed by atoms with E-state index in [2.05, 4.69) is 0 Å². The second-order valence-electron chi connectivity index (χ2n) is 5.01. The van der Waals surface area contributed by atoms with Gasteiger partial charge >= 0.3 is 12.4 Å². The van der Waals surface area contributed by atoms with Crippen molar-refractivity contribution in [2.75, 3.05) is 0 Å². The predicted octanol–water partition coefficient (Wildman–Crippen LogP) is 5.67. The fourth-order valence-corrected chi connectivity index (χ4v) is 2.39. The lowest BCUT2D eigenvalue weighted by atomic mass is 10.1. The van der Waals surface area contributed by atoms with Gasteiger partial charge in [-0.05, 0) is 35.7 Å². The third kappa shape index (κ3) is 2.91. The summed E-state index contributed by atoms with van der Waals surface area (Å²) in [4.78, 5) is 0. The Bertz CT molecular complexity index is 825. The highest BCUT2D eigenvalue weighted by atomic mass is 19.4. The summed E-state index contributed by atoms with van der Waals surface area (Å²) in [5.41, 5.74) is -2.33. The first-order valence-electron chi connectivity index (χ1n) is 6.52. The van der Waals surface area contributed by atoms with E-state index in [1.54, 1.807) is 30.3 Å². The van der Waals surface area contributed by atoms with Gasteiger partial charge in [0.25, 0.3) is 0 Å². The number of hydrogen-bond donors (Lipinski definition) is 0. The first-order chi connectivity index (χ1) is 10.7. The molecule has 0 saturated carbocycles. The molecule has 0 unspecified atom stereocenters. The summed E-state index contributed by atoms with van der Waals surface area (Å²) in [6.07, 6.45) is -8.28. The molecule has 0 spiro atoms. The minimum Gasteiger partial charge on any atom is -0.317 e. The maximum atomic E-state index is 12.9. The molecule has 3 aromatic rings. The van der Waals surface area contributed by atoms with Crippen molar-refractivity contribution < 1.29 is 26.3 Å². The maximum Gasteiger partial charge on any atom is 0.416 e. The average molecular weight is 329 g/mol. The van der Waals surface area contributed by atoms with Crippen molar-refractivity contribution >= 4 is 10.9 Å². The van der Waals surface area contributed by atoms with Crippen LogP contribution in [0.25, 0.3) is 16.6 Å². The zero-order valence-electron chi connectivity index (χ0n) is 11.4. The van der Waals surface area contributed by atoms with Crippen LogP contribution in [-0.2, 0) is 12.4 Å². The van der Waals surface area contributed by atoms with E-state index in [-0.39, 0.29) is 11.8 Å². The number of halogens is 6. The molecule has 1 aromatic heterocycles. The van der Waals surface area contributed by atoms with Crippen LogP contribution < -0.4 is 0 Å². The third-order valence-corrected chi connectivity index (χ3v) is 3.45. The van der Waals surface area contributed by atoms with Gasteiger partial charge in [-0.2, -0.15) is 26.3 Å². The van der Waals surface area contributed by atoms with Gasteiger partial charge < -0.3 is 4.57 Å². The van der Waals surface area contributed by atoms with Crippen molar-refractivity contribution in [2.45, 2.75) is 12.4 Å². The monoisotopic (exact) mass is 329 g/mol. The Kier molecular flexibility index (Phi) is 3.39. The van der Waals surface area contributed by atoms with Gasteiger partial charge in [-0.1, -0.05) is 18.2 Å². The van der Waals surface area contributed by atoms with Gasteiger partial charge in [0.2, 0.25) is 0 Å². The van der Waals surface area contributed by atoms with Crippen LogP contribution in [0.15, 0.2) is 54.7 Å². The molecule has 0 N–H and O–H groups in total. The standard InChI is InChI=1S/C16H9F6N/c17-15(18,19)11-7-12(16(20,21)22)9-13(8-11)23-6-5-10-3-1-2-4-14(10)23/h1-9H. The fraction of sp³-hybridized carbons (Fsp3) is 0.125. The van der Waals surface area contributed by atoms with E-state index < -0.39 is 23.5 Å². The molecular formula is C16H9F6N. The number of alkyl halides is 6. The molecule has 1 nitrogen and oxygen atoms in total. The third-order valence-electron chi connectivity index (χ3n) is 3.45. The van der Waals surface area contributed by atoms with E-state index in [4.69, 9.17) is 0 Å². The molecule has 0 aliphatic heterocycles. The summed E-state index contributed by atoms with van der Waals surface area (Å²) in [5.74, 6) is 0. The molecule has 0 radical (unpaired) electrons. The topological polar surface area (TPSA) is 4.93 Å². The van der Waals surface area contributed by atoms with Gasteiger partial charge in [0.15, 0.2) is 0 Å². The number of benzene rings is 2. The number of para-hydroxylation sites is 1. The highest BCUT2D eigenvalue weighted by molar-refractivity contribution is 5.81. The molecule has 0 aliphatic rings. The molecule has 0 saturated heterocycles. The summed E-state index contributed by atoms with van der Waals surface area (Å²) in [6, 6.07) is 9.92. The first kappa shape index (κ1) is 15.5. The fourth-order valence-electron chi connectivity index (χ4n) is 2.39. The molecule has 1 heterocycles. The van der Waals surface area contributed by atoms with Gasteiger partial charge in [-0.3, -0.25) is 0 Å². The lowest BCUT2D eigenvalue weighted by Crippen LogP contribution is -2.12. The Morgan fingerprint density at radius 3 is 1.83 bits per heavy atom. The molecule has 23 heavy (non-hydrogen) atoms. The van der Waals surface area contributed by atoms with Gasteiger partial charge in [-0.15, -0.1) is 0 Å². The van der Waals surface area contributed by atoms with E-state index >= 15 is 0 Å². The molecule has 0 fully saturated rings. The molecule has 7 heteroatoms. The normalized spacial score (nSPS) is 12.8. The number of nitrogens with zero attached hydrogens (tertiary/aromatic N) is 1. The molecule has 0 bridgehead atoms. The zero-order chi connectivity index (χ0) is 16.8. The Balaban J connectivity index is 2.26. The van der Waals surface area contributed by atoms with E-state index in [1.807, 2.05) is 0 Å². The van der Waals surface area contributed by atoms with Gasteiger partial charge in [0, 0.05) is 11.9 Å². The summed E-state index contributed by atoms with van der Waals surface area (Å²) < 4.78 is 78.8. The number of rotatable bonds is 1. The number of hydrogen-bond acceptors (Lipinski definition) is 0. The predicted molar refractivity (Wildman–Crippen MR) is 73.3 cm³/mol. The van der Waals surface area contributed by atoms with Crippen LogP contribution in [0.3, 0.4) is 0 Å². The van der Waals surface area contributed by atoms with E-state index in [0.29, 0.717) is 17.6 Å².